The van der Waals surface area contributed by atoms with Crippen molar-refractivity contribution in [2.75, 3.05) is 19.4 Å². The van der Waals surface area contributed by atoms with Crippen LogP contribution < -0.4 is 5.73 Å². The quantitative estimate of drug-likeness (QED) is 0.377. The molecule has 43 valence electrons. The Kier molecular flexibility index (Phi) is 6.26. The number of hydrogen-bond acceptors (Lipinski definition) is 2. The zero-order valence-electron chi connectivity index (χ0n) is 4.52. The standard InChI is InChI=1S/C4H12NOSi/c5-2-1-3-6-4-7/h1-5,7H2. The molecule has 0 aliphatic carbocycles. The topological polar surface area (TPSA) is 35.2 Å². The monoisotopic (exact) mass is 118 g/mol. The Morgan fingerprint density at radius 1 is 1.57 bits per heavy atom. The first-order chi connectivity index (χ1) is 3.41. The fraction of sp³-hybridized carbons (Fsp3) is 1.00. The molecule has 0 unspecified atom stereocenters. The minimum atomic E-state index is 0.739. The third kappa shape index (κ3) is 6.14. The summed E-state index contributed by atoms with van der Waals surface area (Å²) in [5.74, 6) is 0. The molecule has 0 rings (SSSR count). The van der Waals surface area contributed by atoms with Crippen LogP contribution in [0.15, 0.2) is 0 Å². The van der Waals surface area contributed by atoms with Gasteiger partial charge in [0.1, 0.15) is 0 Å². The highest BCUT2D eigenvalue weighted by Crippen LogP contribution is 1.74. The predicted octanol–water partition coefficient (Wildman–Crippen LogP) is -1.06. The molecule has 0 amide bonds. The van der Waals surface area contributed by atoms with Crippen LogP contribution in [0.5, 0.6) is 0 Å². The molecule has 2 nitrogen and oxygen atoms in total. The van der Waals surface area contributed by atoms with Crippen LogP contribution in [0.4, 0.5) is 0 Å². The maximum atomic E-state index is 5.19. The van der Waals surface area contributed by atoms with Crippen LogP contribution in [0.25, 0.3) is 0 Å². The molecule has 0 fully saturated rings. The molecular weight excluding hydrogens is 106 g/mol. The lowest BCUT2D eigenvalue weighted by atomic mass is 10.5. The van der Waals surface area contributed by atoms with E-state index in [4.69, 9.17) is 10.5 Å². The highest BCUT2D eigenvalue weighted by Gasteiger charge is 1.78. The van der Waals surface area contributed by atoms with Crippen molar-refractivity contribution in [1.82, 2.24) is 0 Å². The molecule has 0 aromatic heterocycles. The van der Waals surface area contributed by atoms with E-state index in [-0.39, 0.29) is 0 Å². The van der Waals surface area contributed by atoms with E-state index in [0.29, 0.717) is 0 Å². The van der Waals surface area contributed by atoms with E-state index in [1.165, 1.54) is 0 Å². The van der Waals surface area contributed by atoms with Crippen LogP contribution in [0.2, 0.25) is 0 Å². The Hall–Kier alpha value is 0.137. The molecule has 2 N–H and O–H groups in total. The van der Waals surface area contributed by atoms with Crippen molar-refractivity contribution in [3.63, 3.8) is 0 Å². The summed E-state index contributed by atoms with van der Waals surface area (Å²) in [4.78, 5) is 0. The van der Waals surface area contributed by atoms with Crippen molar-refractivity contribution < 1.29 is 4.74 Å². The van der Waals surface area contributed by atoms with Crippen molar-refractivity contribution >= 4 is 10.2 Å². The molecule has 0 heterocycles. The molecular formula is C4H12NOSi. The largest absolute Gasteiger partial charge is 0.386 e. The molecule has 0 aliphatic rings. The second-order valence-electron chi connectivity index (χ2n) is 1.25. The Balaban J connectivity index is 2.45. The van der Waals surface area contributed by atoms with Gasteiger partial charge in [-0.3, -0.25) is 0 Å². The first-order valence-corrected chi connectivity index (χ1v) is 3.49. The third-order valence-corrected chi connectivity index (χ3v) is 0.926. The molecule has 3 heteroatoms. The van der Waals surface area contributed by atoms with Crippen LogP contribution in [-0.4, -0.2) is 29.6 Å². The maximum Gasteiger partial charge on any atom is 0.0473 e. The van der Waals surface area contributed by atoms with Crippen LogP contribution in [-0.2, 0) is 4.74 Å². The molecule has 0 atom stereocenters. The number of rotatable bonds is 4. The smallest absolute Gasteiger partial charge is 0.0473 e. The van der Waals surface area contributed by atoms with E-state index in [0.717, 1.165) is 25.8 Å². The summed E-state index contributed by atoms with van der Waals surface area (Å²) >= 11 is 0. The van der Waals surface area contributed by atoms with Gasteiger partial charge in [-0.05, 0) is 13.0 Å². The van der Waals surface area contributed by atoms with Gasteiger partial charge >= 0.3 is 0 Å². The molecule has 0 bridgehead atoms. The molecule has 0 saturated heterocycles. The van der Waals surface area contributed by atoms with Gasteiger partial charge in [0.05, 0.1) is 0 Å². The normalized spacial score (nSPS) is 9.43. The second-order valence-corrected chi connectivity index (χ2v) is 1.66. The fourth-order valence-electron chi connectivity index (χ4n) is 0.287. The molecule has 0 saturated carbocycles. The average Bonchev–Trinajstić information content (AvgIpc) is 1.69. The van der Waals surface area contributed by atoms with Gasteiger partial charge in [-0.15, -0.1) is 0 Å². The van der Waals surface area contributed by atoms with Gasteiger partial charge < -0.3 is 10.5 Å². The zero-order chi connectivity index (χ0) is 5.54. The molecule has 0 aromatic carbocycles. The van der Waals surface area contributed by atoms with Crippen LogP contribution in [0, 0.1) is 0 Å². The molecule has 0 aromatic rings. The number of nitrogens with two attached hydrogens (primary N) is 1. The van der Waals surface area contributed by atoms with Crippen molar-refractivity contribution in [3.05, 3.63) is 0 Å². The van der Waals surface area contributed by atoms with Gasteiger partial charge in [0.2, 0.25) is 0 Å². The van der Waals surface area contributed by atoms with E-state index in [1.807, 2.05) is 10.2 Å². The van der Waals surface area contributed by atoms with Crippen LogP contribution >= 0.6 is 0 Å². The van der Waals surface area contributed by atoms with E-state index < -0.39 is 0 Å². The number of ether oxygens (including phenoxy) is 1. The zero-order valence-corrected chi connectivity index (χ0v) is 5.94. The summed E-state index contributed by atoms with van der Waals surface area (Å²) in [6.07, 6.45) is 1.82. The average molecular weight is 118 g/mol. The third-order valence-electron chi connectivity index (χ3n) is 0.637. The minimum absolute atomic E-state index is 0.739. The summed E-state index contributed by atoms with van der Waals surface area (Å²) in [6.45, 7) is 1.56. The lowest BCUT2D eigenvalue weighted by molar-refractivity contribution is 0.177. The Morgan fingerprint density at radius 3 is 2.71 bits per heavy atom. The Bertz CT molecular complexity index is 30.9. The van der Waals surface area contributed by atoms with E-state index in [1.54, 1.807) is 0 Å². The summed E-state index contributed by atoms with van der Waals surface area (Å²) in [6, 6.07) is 0. The maximum absolute atomic E-state index is 5.19. The Labute approximate surface area is 47.5 Å². The number of hydrogen-bond donors (Lipinski definition) is 1. The summed E-state index contributed by atoms with van der Waals surface area (Å²) in [5.41, 5.74) is 5.19. The molecule has 7 heavy (non-hydrogen) atoms. The van der Waals surface area contributed by atoms with Crippen molar-refractivity contribution in [2.45, 2.75) is 6.42 Å². The van der Waals surface area contributed by atoms with Crippen LogP contribution in [0.3, 0.4) is 0 Å². The van der Waals surface area contributed by atoms with Gasteiger partial charge in [0.25, 0.3) is 0 Å². The first-order valence-electron chi connectivity index (χ1n) is 2.49. The van der Waals surface area contributed by atoms with Crippen molar-refractivity contribution in [2.24, 2.45) is 5.73 Å². The van der Waals surface area contributed by atoms with E-state index >= 15 is 0 Å². The molecule has 0 spiro atoms. The summed E-state index contributed by atoms with van der Waals surface area (Å²) < 4.78 is 5.01. The second kappa shape index (κ2) is 6.14. The van der Waals surface area contributed by atoms with Crippen molar-refractivity contribution in [3.8, 4) is 0 Å². The van der Waals surface area contributed by atoms with Gasteiger partial charge in [-0.25, -0.2) is 0 Å². The SMILES string of the molecule is NCCCOC[SiH2]. The van der Waals surface area contributed by atoms with Crippen LogP contribution in [0.1, 0.15) is 6.42 Å². The lowest BCUT2D eigenvalue weighted by Crippen LogP contribution is -2.04. The highest BCUT2D eigenvalue weighted by atomic mass is 28.1. The van der Waals surface area contributed by atoms with Crippen molar-refractivity contribution in [1.29, 1.82) is 0 Å². The summed E-state index contributed by atoms with van der Waals surface area (Å²) in [5, 5.41) is 0. The van der Waals surface area contributed by atoms with Gasteiger partial charge in [0, 0.05) is 23.1 Å². The molecule has 1 radical (unpaired) electrons. The lowest BCUT2D eigenvalue weighted by Gasteiger charge is -1.94. The van der Waals surface area contributed by atoms with Gasteiger partial charge in [0.15, 0.2) is 0 Å². The van der Waals surface area contributed by atoms with Gasteiger partial charge in [-0.2, -0.15) is 0 Å². The first kappa shape index (κ1) is 7.14. The van der Waals surface area contributed by atoms with E-state index in [9.17, 15) is 0 Å². The van der Waals surface area contributed by atoms with E-state index in [2.05, 4.69) is 0 Å². The molecule has 0 aliphatic heterocycles. The fourth-order valence-corrected chi connectivity index (χ4v) is 0.492. The minimum Gasteiger partial charge on any atom is -0.386 e. The van der Waals surface area contributed by atoms with Gasteiger partial charge in [-0.1, -0.05) is 0 Å². The predicted molar refractivity (Wildman–Crippen MR) is 33.0 cm³/mol. The Morgan fingerprint density at radius 2 is 2.29 bits per heavy atom. The summed E-state index contributed by atoms with van der Waals surface area (Å²) in [7, 11) is 1.81. The highest BCUT2D eigenvalue weighted by molar-refractivity contribution is 6.08.